The number of nitrogens with two attached hydrogens (primary N) is 1. The van der Waals surface area contributed by atoms with Crippen molar-refractivity contribution in [2.24, 2.45) is 5.73 Å². The summed E-state index contributed by atoms with van der Waals surface area (Å²) >= 11 is 0. The van der Waals surface area contributed by atoms with Crippen LogP contribution in [0.3, 0.4) is 0 Å². The van der Waals surface area contributed by atoms with E-state index in [1.807, 2.05) is 0 Å². The lowest BCUT2D eigenvalue weighted by Gasteiger charge is -2.53. The van der Waals surface area contributed by atoms with Crippen LogP contribution in [0.4, 0.5) is 0 Å². The fourth-order valence-electron chi connectivity index (χ4n) is 2.74. The van der Waals surface area contributed by atoms with Gasteiger partial charge in [0, 0.05) is 32.8 Å². The summed E-state index contributed by atoms with van der Waals surface area (Å²) in [5.74, 6) is 0. The fraction of sp³-hybridized carbons (Fsp3) is 1.00. The zero-order valence-electron chi connectivity index (χ0n) is 11.7. The maximum absolute atomic E-state index is 5.97. The second kappa shape index (κ2) is 5.63. The number of morpholine rings is 1. The molecule has 0 spiro atoms. The molecule has 0 aliphatic carbocycles. The maximum Gasteiger partial charge on any atom is 0.176 e. The van der Waals surface area contributed by atoms with Gasteiger partial charge in [0.25, 0.3) is 0 Å². The first-order valence-electron chi connectivity index (χ1n) is 6.03. The summed E-state index contributed by atoms with van der Waals surface area (Å²) in [5, 5.41) is 0. The molecule has 1 heterocycles. The van der Waals surface area contributed by atoms with E-state index < -0.39 is 0 Å². The zero-order chi connectivity index (χ0) is 13.1. The van der Waals surface area contributed by atoms with Crippen molar-refractivity contribution in [1.82, 2.24) is 4.90 Å². The third-order valence-corrected chi connectivity index (χ3v) is 3.61. The molecule has 0 aromatic rings. The molecule has 0 aromatic heterocycles. The van der Waals surface area contributed by atoms with Crippen molar-refractivity contribution in [1.29, 1.82) is 0 Å². The second-order valence-electron chi connectivity index (χ2n) is 5.38. The lowest BCUT2D eigenvalue weighted by Crippen LogP contribution is -2.69. The van der Waals surface area contributed by atoms with Crippen LogP contribution in [0.25, 0.3) is 0 Å². The molecule has 2 N–H and O–H groups in total. The molecule has 0 amide bonds. The highest BCUT2D eigenvalue weighted by molar-refractivity contribution is 4.99. The number of nitrogens with zero attached hydrogens (tertiary/aromatic N) is 1. The van der Waals surface area contributed by atoms with Crippen molar-refractivity contribution in [3.63, 3.8) is 0 Å². The van der Waals surface area contributed by atoms with E-state index in [1.165, 1.54) is 0 Å². The first-order valence-corrected chi connectivity index (χ1v) is 6.03. The van der Waals surface area contributed by atoms with Gasteiger partial charge >= 0.3 is 0 Å². The standard InChI is InChI=1S/C12H26N2O3/c1-11(2)9-17-7-6-14(11)12(3,8-13)10(15-4)16-5/h10H,6-9,13H2,1-5H3. The van der Waals surface area contributed by atoms with E-state index in [0.717, 1.165) is 13.2 Å². The fourth-order valence-corrected chi connectivity index (χ4v) is 2.74. The van der Waals surface area contributed by atoms with Gasteiger partial charge in [-0.25, -0.2) is 0 Å². The maximum atomic E-state index is 5.97. The van der Waals surface area contributed by atoms with E-state index in [-0.39, 0.29) is 17.4 Å². The summed E-state index contributed by atoms with van der Waals surface area (Å²) < 4.78 is 16.4. The minimum atomic E-state index is -0.350. The summed E-state index contributed by atoms with van der Waals surface area (Å²) in [5.41, 5.74) is 5.55. The lowest BCUT2D eigenvalue weighted by molar-refractivity contribution is -0.214. The van der Waals surface area contributed by atoms with Crippen LogP contribution >= 0.6 is 0 Å². The van der Waals surface area contributed by atoms with Crippen molar-refractivity contribution >= 4 is 0 Å². The Kier molecular flexibility index (Phi) is 4.92. The molecule has 0 aromatic carbocycles. The van der Waals surface area contributed by atoms with Crippen LogP contribution < -0.4 is 5.73 Å². The highest BCUT2D eigenvalue weighted by Crippen LogP contribution is 2.31. The van der Waals surface area contributed by atoms with Crippen LogP contribution in [0, 0.1) is 0 Å². The Balaban J connectivity index is 2.97. The SMILES string of the molecule is COC(OC)C(C)(CN)N1CCOCC1(C)C. The van der Waals surface area contributed by atoms with E-state index in [2.05, 4.69) is 25.7 Å². The molecule has 5 heteroatoms. The third kappa shape index (κ3) is 2.80. The van der Waals surface area contributed by atoms with Gasteiger partial charge in [-0.2, -0.15) is 0 Å². The minimum Gasteiger partial charge on any atom is -0.378 e. The summed E-state index contributed by atoms with van der Waals surface area (Å²) in [6.45, 7) is 9.12. The molecule has 102 valence electrons. The van der Waals surface area contributed by atoms with E-state index in [9.17, 15) is 0 Å². The predicted octanol–water partition coefficient (Wildman–Crippen LogP) is 0.434. The van der Waals surface area contributed by atoms with Gasteiger partial charge in [-0.1, -0.05) is 0 Å². The molecule has 1 rings (SSSR count). The van der Waals surface area contributed by atoms with Crippen molar-refractivity contribution in [3.05, 3.63) is 0 Å². The molecule has 1 unspecified atom stereocenters. The Labute approximate surface area is 104 Å². The van der Waals surface area contributed by atoms with Crippen molar-refractivity contribution in [2.75, 3.05) is 40.5 Å². The van der Waals surface area contributed by atoms with Crippen LogP contribution in [0.5, 0.6) is 0 Å². The zero-order valence-corrected chi connectivity index (χ0v) is 11.7. The summed E-state index contributed by atoms with van der Waals surface area (Å²) in [6, 6.07) is 0. The Morgan fingerprint density at radius 1 is 1.41 bits per heavy atom. The van der Waals surface area contributed by atoms with Gasteiger partial charge in [0.15, 0.2) is 6.29 Å². The van der Waals surface area contributed by atoms with Crippen LogP contribution in [-0.2, 0) is 14.2 Å². The summed E-state index contributed by atoms with van der Waals surface area (Å²) in [4.78, 5) is 2.33. The molecule has 0 radical (unpaired) electrons. The van der Waals surface area contributed by atoms with E-state index in [0.29, 0.717) is 13.2 Å². The number of methoxy groups -OCH3 is 2. The van der Waals surface area contributed by atoms with Crippen molar-refractivity contribution < 1.29 is 14.2 Å². The molecule has 1 atom stereocenters. The Morgan fingerprint density at radius 3 is 2.41 bits per heavy atom. The largest absolute Gasteiger partial charge is 0.378 e. The van der Waals surface area contributed by atoms with E-state index >= 15 is 0 Å². The van der Waals surface area contributed by atoms with Gasteiger partial charge < -0.3 is 19.9 Å². The lowest BCUT2D eigenvalue weighted by atomic mass is 9.90. The van der Waals surface area contributed by atoms with Crippen molar-refractivity contribution in [3.8, 4) is 0 Å². The molecule has 1 aliphatic rings. The quantitative estimate of drug-likeness (QED) is 0.713. The topological polar surface area (TPSA) is 57.0 Å². The molecule has 1 aliphatic heterocycles. The van der Waals surface area contributed by atoms with E-state index in [4.69, 9.17) is 19.9 Å². The van der Waals surface area contributed by atoms with Crippen LogP contribution in [0.15, 0.2) is 0 Å². The molecule has 17 heavy (non-hydrogen) atoms. The molecule has 1 saturated heterocycles. The van der Waals surface area contributed by atoms with Crippen LogP contribution in [0.2, 0.25) is 0 Å². The average Bonchev–Trinajstić information content (AvgIpc) is 2.29. The highest BCUT2D eigenvalue weighted by atomic mass is 16.7. The smallest absolute Gasteiger partial charge is 0.176 e. The molecule has 1 fully saturated rings. The average molecular weight is 246 g/mol. The normalized spacial score (nSPS) is 24.9. The first kappa shape index (κ1) is 14.9. The molecule has 0 saturated carbocycles. The van der Waals surface area contributed by atoms with Gasteiger partial charge in [-0.15, -0.1) is 0 Å². The van der Waals surface area contributed by atoms with Crippen LogP contribution in [0.1, 0.15) is 20.8 Å². The van der Waals surface area contributed by atoms with Gasteiger partial charge in [-0.05, 0) is 20.8 Å². The van der Waals surface area contributed by atoms with Gasteiger partial charge in [0.1, 0.15) is 0 Å². The van der Waals surface area contributed by atoms with Gasteiger partial charge in [-0.3, -0.25) is 4.90 Å². The van der Waals surface area contributed by atoms with Gasteiger partial charge in [0.2, 0.25) is 0 Å². The second-order valence-corrected chi connectivity index (χ2v) is 5.38. The number of hydrogen-bond donors (Lipinski definition) is 1. The number of rotatable bonds is 5. The summed E-state index contributed by atoms with van der Waals surface area (Å²) in [6.07, 6.45) is -0.343. The Morgan fingerprint density at radius 2 is 2.00 bits per heavy atom. The highest BCUT2D eigenvalue weighted by Gasteiger charge is 2.47. The summed E-state index contributed by atoms with van der Waals surface area (Å²) in [7, 11) is 3.30. The third-order valence-electron chi connectivity index (χ3n) is 3.61. The number of ether oxygens (including phenoxy) is 3. The Hall–Kier alpha value is -0.200. The first-order chi connectivity index (χ1) is 7.92. The number of hydrogen-bond acceptors (Lipinski definition) is 5. The van der Waals surface area contributed by atoms with Crippen molar-refractivity contribution in [2.45, 2.75) is 38.1 Å². The monoisotopic (exact) mass is 246 g/mol. The van der Waals surface area contributed by atoms with Gasteiger partial charge in [0.05, 0.1) is 18.8 Å². The molecular weight excluding hydrogens is 220 g/mol. The predicted molar refractivity (Wildman–Crippen MR) is 66.9 cm³/mol. The molecule has 0 bridgehead atoms. The minimum absolute atomic E-state index is 0.0678. The molecule has 5 nitrogen and oxygen atoms in total. The van der Waals surface area contributed by atoms with E-state index in [1.54, 1.807) is 14.2 Å². The Bertz CT molecular complexity index is 244. The molecular formula is C12H26N2O3. The van der Waals surface area contributed by atoms with Crippen LogP contribution in [-0.4, -0.2) is 62.8 Å².